The maximum Gasteiger partial charge on any atom is 0.122 e. The minimum Gasteiger partial charge on any atom is -0.496 e. The molecule has 18 heavy (non-hydrogen) atoms. The third kappa shape index (κ3) is 2.71. The van der Waals surface area contributed by atoms with Crippen molar-refractivity contribution in [2.24, 2.45) is 7.05 Å². The van der Waals surface area contributed by atoms with Crippen LogP contribution in [0.25, 0.3) is 0 Å². The fourth-order valence-electron chi connectivity index (χ4n) is 1.98. The highest BCUT2D eigenvalue weighted by Gasteiger charge is 2.14. The summed E-state index contributed by atoms with van der Waals surface area (Å²) in [7, 11) is 3.53. The Bertz CT molecular complexity index is 534. The van der Waals surface area contributed by atoms with Crippen LogP contribution in [0.5, 0.6) is 5.75 Å². The second-order valence-corrected chi connectivity index (χ2v) is 4.50. The van der Waals surface area contributed by atoms with Gasteiger partial charge in [-0.15, -0.1) is 0 Å². The van der Waals surface area contributed by atoms with Gasteiger partial charge in [-0.05, 0) is 18.6 Å². The number of aliphatic hydroxyl groups is 1. The second kappa shape index (κ2) is 5.23. The maximum absolute atomic E-state index is 10.2. The number of aliphatic hydroxyl groups excluding tert-OH is 1. The molecule has 0 saturated heterocycles. The number of aryl methyl sites for hydroxylation is 2. The summed E-state index contributed by atoms with van der Waals surface area (Å²) < 4.78 is 7.13. The minimum atomic E-state index is -0.609. The zero-order chi connectivity index (χ0) is 13.1. The second-order valence-electron chi connectivity index (χ2n) is 4.50. The Hall–Kier alpha value is -1.81. The van der Waals surface area contributed by atoms with E-state index < -0.39 is 6.10 Å². The van der Waals surface area contributed by atoms with E-state index in [2.05, 4.69) is 4.98 Å². The van der Waals surface area contributed by atoms with Gasteiger partial charge in [0.2, 0.25) is 0 Å². The average molecular weight is 246 g/mol. The highest BCUT2D eigenvalue weighted by Crippen LogP contribution is 2.25. The van der Waals surface area contributed by atoms with Crippen LogP contribution in [-0.4, -0.2) is 21.8 Å². The highest BCUT2D eigenvalue weighted by atomic mass is 16.5. The third-order valence-electron chi connectivity index (χ3n) is 2.92. The van der Waals surface area contributed by atoms with E-state index in [1.165, 1.54) is 0 Å². The number of nitrogens with zero attached hydrogens (tertiary/aromatic N) is 2. The number of benzene rings is 1. The minimum absolute atomic E-state index is 0.502. The van der Waals surface area contributed by atoms with Gasteiger partial charge < -0.3 is 14.4 Å². The lowest BCUT2D eigenvalue weighted by Gasteiger charge is -2.12. The summed E-state index contributed by atoms with van der Waals surface area (Å²) >= 11 is 0. The molecule has 0 aliphatic heterocycles. The molecule has 0 spiro atoms. The molecule has 1 unspecified atom stereocenters. The number of methoxy groups -OCH3 is 1. The van der Waals surface area contributed by atoms with Gasteiger partial charge in [0.25, 0.3) is 0 Å². The van der Waals surface area contributed by atoms with Crippen LogP contribution < -0.4 is 4.74 Å². The van der Waals surface area contributed by atoms with Crippen LogP contribution in [0.4, 0.5) is 0 Å². The molecule has 1 aromatic carbocycles. The van der Waals surface area contributed by atoms with Gasteiger partial charge in [-0.3, -0.25) is 0 Å². The van der Waals surface area contributed by atoms with Crippen molar-refractivity contribution in [2.75, 3.05) is 7.11 Å². The Morgan fingerprint density at radius 2 is 2.22 bits per heavy atom. The summed E-state index contributed by atoms with van der Waals surface area (Å²) in [6, 6.07) is 5.95. The molecule has 2 aromatic rings. The van der Waals surface area contributed by atoms with E-state index in [-0.39, 0.29) is 0 Å². The quantitative estimate of drug-likeness (QED) is 0.897. The fraction of sp³-hybridized carbons (Fsp3) is 0.357. The molecule has 0 radical (unpaired) electrons. The molecule has 0 aliphatic carbocycles. The van der Waals surface area contributed by atoms with Crippen molar-refractivity contribution in [3.05, 3.63) is 47.5 Å². The van der Waals surface area contributed by atoms with Crippen LogP contribution in [0.1, 0.15) is 22.9 Å². The molecule has 0 fully saturated rings. The molecule has 2 rings (SSSR count). The smallest absolute Gasteiger partial charge is 0.122 e. The number of ether oxygens (including phenoxy) is 1. The Morgan fingerprint density at radius 3 is 2.83 bits per heavy atom. The Morgan fingerprint density at radius 1 is 1.44 bits per heavy atom. The molecule has 1 heterocycles. The van der Waals surface area contributed by atoms with E-state index in [0.29, 0.717) is 12.1 Å². The van der Waals surface area contributed by atoms with Gasteiger partial charge in [0.05, 0.1) is 19.1 Å². The van der Waals surface area contributed by atoms with E-state index in [4.69, 9.17) is 4.74 Å². The lowest BCUT2D eigenvalue weighted by Crippen LogP contribution is -2.04. The molecule has 0 amide bonds. The molecule has 0 bridgehead atoms. The molecule has 1 atom stereocenters. The summed E-state index contributed by atoms with van der Waals surface area (Å²) in [5.41, 5.74) is 2.83. The standard InChI is InChI=1S/C14H18N2O2/c1-10-4-5-14(18-3)11(6-10)7-13(17)12-8-16(2)9-15-12/h4-6,8-9,13,17H,7H2,1-3H3. The number of rotatable bonds is 4. The van der Waals surface area contributed by atoms with E-state index in [1.807, 2.05) is 42.9 Å². The molecule has 0 saturated carbocycles. The molecule has 0 aliphatic rings. The highest BCUT2D eigenvalue weighted by molar-refractivity contribution is 5.37. The van der Waals surface area contributed by atoms with Crippen LogP contribution in [0.2, 0.25) is 0 Å². The molecule has 4 heteroatoms. The van der Waals surface area contributed by atoms with Gasteiger partial charge in [0.15, 0.2) is 0 Å². The van der Waals surface area contributed by atoms with Crippen molar-refractivity contribution >= 4 is 0 Å². The van der Waals surface area contributed by atoms with Gasteiger partial charge >= 0.3 is 0 Å². The van der Waals surface area contributed by atoms with Gasteiger partial charge in [0.1, 0.15) is 11.9 Å². The summed E-state index contributed by atoms with van der Waals surface area (Å²) in [6.45, 7) is 2.02. The van der Waals surface area contributed by atoms with Crippen LogP contribution in [0, 0.1) is 6.92 Å². The van der Waals surface area contributed by atoms with Crippen molar-refractivity contribution in [1.29, 1.82) is 0 Å². The van der Waals surface area contributed by atoms with E-state index in [1.54, 1.807) is 13.4 Å². The predicted octanol–water partition coefficient (Wildman–Crippen LogP) is 2.01. The van der Waals surface area contributed by atoms with Crippen LogP contribution in [0.15, 0.2) is 30.7 Å². The summed E-state index contributed by atoms with van der Waals surface area (Å²) in [5.74, 6) is 0.801. The molecular weight excluding hydrogens is 228 g/mol. The van der Waals surface area contributed by atoms with Crippen LogP contribution in [-0.2, 0) is 13.5 Å². The van der Waals surface area contributed by atoms with Crippen molar-refractivity contribution in [3.63, 3.8) is 0 Å². The molecule has 4 nitrogen and oxygen atoms in total. The summed E-state index contributed by atoms with van der Waals surface area (Å²) in [5, 5.41) is 10.2. The Kier molecular flexibility index (Phi) is 3.67. The maximum atomic E-state index is 10.2. The van der Waals surface area contributed by atoms with Gasteiger partial charge in [-0.25, -0.2) is 4.98 Å². The Balaban J connectivity index is 2.20. The van der Waals surface area contributed by atoms with Gasteiger partial charge in [-0.1, -0.05) is 17.7 Å². The zero-order valence-electron chi connectivity index (χ0n) is 10.9. The molecular formula is C14H18N2O2. The fourth-order valence-corrected chi connectivity index (χ4v) is 1.98. The monoisotopic (exact) mass is 246 g/mol. The average Bonchev–Trinajstić information content (AvgIpc) is 2.76. The van der Waals surface area contributed by atoms with Crippen molar-refractivity contribution in [3.8, 4) is 5.75 Å². The Labute approximate surface area is 107 Å². The first kappa shape index (κ1) is 12.6. The first-order valence-electron chi connectivity index (χ1n) is 5.89. The van der Waals surface area contributed by atoms with E-state index in [0.717, 1.165) is 16.9 Å². The molecule has 1 aromatic heterocycles. The topological polar surface area (TPSA) is 47.3 Å². The van der Waals surface area contributed by atoms with Crippen molar-refractivity contribution in [1.82, 2.24) is 9.55 Å². The first-order valence-corrected chi connectivity index (χ1v) is 5.89. The number of hydrogen-bond donors (Lipinski definition) is 1. The molecule has 1 N–H and O–H groups in total. The lowest BCUT2D eigenvalue weighted by molar-refractivity contribution is 0.173. The first-order chi connectivity index (χ1) is 8.60. The number of hydrogen-bond acceptors (Lipinski definition) is 3. The zero-order valence-corrected chi connectivity index (χ0v) is 10.9. The van der Waals surface area contributed by atoms with Gasteiger partial charge in [-0.2, -0.15) is 0 Å². The summed E-state index contributed by atoms with van der Waals surface area (Å²) in [6.07, 6.45) is 3.41. The van der Waals surface area contributed by atoms with Crippen LogP contribution >= 0.6 is 0 Å². The van der Waals surface area contributed by atoms with E-state index in [9.17, 15) is 5.11 Å². The lowest BCUT2D eigenvalue weighted by atomic mass is 10.0. The van der Waals surface area contributed by atoms with Crippen molar-refractivity contribution in [2.45, 2.75) is 19.4 Å². The van der Waals surface area contributed by atoms with Gasteiger partial charge in [0, 0.05) is 19.7 Å². The van der Waals surface area contributed by atoms with E-state index >= 15 is 0 Å². The third-order valence-corrected chi connectivity index (χ3v) is 2.92. The summed E-state index contributed by atoms with van der Waals surface area (Å²) in [4.78, 5) is 4.16. The number of imidazole rings is 1. The normalized spacial score (nSPS) is 12.4. The van der Waals surface area contributed by atoms with Crippen molar-refractivity contribution < 1.29 is 9.84 Å². The SMILES string of the molecule is COc1ccc(C)cc1CC(O)c1cn(C)cn1. The van der Waals surface area contributed by atoms with Crippen LogP contribution in [0.3, 0.4) is 0 Å². The number of aromatic nitrogens is 2. The predicted molar refractivity (Wildman–Crippen MR) is 69.6 cm³/mol. The molecule has 96 valence electrons. The largest absolute Gasteiger partial charge is 0.496 e.